The van der Waals surface area contributed by atoms with Crippen molar-refractivity contribution < 1.29 is 9.53 Å². The fraction of sp³-hybridized carbons (Fsp3) is 0.737. The molecule has 1 aromatic rings. The van der Waals surface area contributed by atoms with Gasteiger partial charge in [0.15, 0.2) is 0 Å². The number of ether oxygens (including phenoxy) is 1. The molecule has 136 valence electrons. The molecule has 6 heteroatoms. The van der Waals surface area contributed by atoms with E-state index in [9.17, 15) is 4.79 Å². The highest BCUT2D eigenvalue weighted by Gasteiger charge is 2.29. The summed E-state index contributed by atoms with van der Waals surface area (Å²) in [6.07, 6.45) is 13.9. The Morgan fingerprint density at radius 2 is 1.80 bits per heavy atom. The summed E-state index contributed by atoms with van der Waals surface area (Å²) in [6.45, 7) is 0. The number of hydrogen-bond acceptors (Lipinski definition) is 5. The number of anilines is 1. The van der Waals surface area contributed by atoms with Gasteiger partial charge in [-0.05, 0) is 50.9 Å². The normalized spacial score (nSPS) is 26.9. The van der Waals surface area contributed by atoms with Gasteiger partial charge in [-0.15, -0.1) is 0 Å². The summed E-state index contributed by atoms with van der Waals surface area (Å²) in [5.41, 5.74) is 6.77. The molecule has 3 saturated carbocycles. The van der Waals surface area contributed by atoms with Crippen molar-refractivity contribution in [2.24, 2.45) is 11.7 Å². The van der Waals surface area contributed by atoms with Crippen LogP contribution in [0, 0.1) is 5.92 Å². The zero-order valence-electron chi connectivity index (χ0n) is 14.7. The van der Waals surface area contributed by atoms with E-state index in [4.69, 9.17) is 10.5 Å². The van der Waals surface area contributed by atoms with Gasteiger partial charge in [-0.2, -0.15) is 0 Å². The maximum Gasteiger partial charge on any atom is 0.252 e. The number of carbonyl (C=O) groups is 1. The summed E-state index contributed by atoms with van der Waals surface area (Å²) >= 11 is 0. The van der Waals surface area contributed by atoms with Crippen molar-refractivity contribution in [2.45, 2.75) is 82.5 Å². The third kappa shape index (κ3) is 4.29. The van der Waals surface area contributed by atoms with Crippen LogP contribution >= 0.6 is 0 Å². The first-order chi connectivity index (χ1) is 12.2. The van der Waals surface area contributed by atoms with E-state index >= 15 is 0 Å². The van der Waals surface area contributed by atoms with E-state index in [0.29, 0.717) is 35.7 Å². The topological polar surface area (TPSA) is 90.1 Å². The number of hydrogen-bond donors (Lipinski definition) is 2. The molecule has 0 radical (unpaired) electrons. The van der Waals surface area contributed by atoms with Gasteiger partial charge in [0.1, 0.15) is 0 Å². The van der Waals surface area contributed by atoms with Crippen LogP contribution in [0.4, 0.5) is 5.95 Å². The van der Waals surface area contributed by atoms with E-state index in [0.717, 1.165) is 37.8 Å². The van der Waals surface area contributed by atoms with Crippen molar-refractivity contribution in [1.29, 1.82) is 0 Å². The zero-order chi connectivity index (χ0) is 17.2. The first-order valence-electron chi connectivity index (χ1n) is 9.75. The van der Waals surface area contributed by atoms with Gasteiger partial charge >= 0.3 is 0 Å². The zero-order valence-corrected chi connectivity index (χ0v) is 14.7. The molecular weight excluding hydrogens is 316 g/mol. The molecule has 3 fully saturated rings. The van der Waals surface area contributed by atoms with Crippen LogP contribution in [0.5, 0.6) is 0 Å². The van der Waals surface area contributed by atoms with Gasteiger partial charge in [0.05, 0.1) is 23.5 Å². The summed E-state index contributed by atoms with van der Waals surface area (Å²) in [7, 11) is 0. The summed E-state index contributed by atoms with van der Waals surface area (Å²) in [5.74, 6) is 0.834. The van der Waals surface area contributed by atoms with Crippen LogP contribution in [0.15, 0.2) is 6.20 Å². The second-order valence-electron chi connectivity index (χ2n) is 7.87. The number of amides is 1. The predicted octanol–water partition coefficient (Wildman–Crippen LogP) is 2.82. The summed E-state index contributed by atoms with van der Waals surface area (Å²) in [5, 5.41) is 3.46. The van der Waals surface area contributed by atoms with E-state index in [1.165, 1.54) is 32.1 Å². The van der Waals surface area contributed by atoms with Crippen LogP contribution in [0.1, 0.15) is 73.8 Å². The summed E-state index contributed by atoms with van der Waals surface area (Å²) in [6, 6.07) is 0.384. The first kappa shape index (κ1) is 16.8. The van der Waals surface area contributed by atoms with Gasteiger partial charge in [0.25, 0.3) is 5.91 Å². The lowest BCUT2D eigenvalue weighted by atomic mass is 9.81. The molecule has 3 aliphatic rings. The number of nitrogens with one attached hydrogen (secondary N) is 1. The SMILES string of the molecule is NC(=O)c1cnc(NC2CCC(OC3CC3)CC2)nc1CC1CCC1. The Morgan fingerprint density at radius 1 is 1.12 bits per heavy atom. The van der Waals surface area contributed by atoms with Crippen LogP contribution in [-0.2, 0) is 11.2 Å². The Morgan fingerprint density at radius 3 is 2.36 bits per heavy atom. The number of carbonyl (C=O) groups excluding carboxylic acids is 1. The molecule has 1 amide bonds. The molecule has 6 nitrogen and oxygen atoms in total. The van der Waals surface area contributed by atoms with Crippen LogP contribution in [0.2, 0.25) is 0 Å². The van der Waals surface area contributed by atoms with E-state index in [1.807, 2.05) is 0 Å². The van der Waals surface area contributed by atoms with Gasteiger partial charge in [-0.1, -0.05) is 19.3 Å². The lowest BCUT2D eigenvalue weighted by Crippen LogP contribution is -2.31. The van der Waals surface area contributed by atoms with Gasteiger partial charge in [-0.3, -0.25) is 4.79 Å². The lowest BCUT2D eigenvalue weighted by Gasteiger charge is -2.29. The third-order valence-corrected chi connectivity index (χ3v) is 5.76. The highest BCUT2D eigenvalue weighted by molar-refractivity contribution is 5.93. The molecule has 4 rings (SSSR count). The van der Waals surface area contributed by atoms with E-state index in [2.05, 4.69) is 15.3 Å². The molecule has 1 aromatic heterocycles. The summed E-state index contributed by atoms with van der Waals surface area (Å²) in [4.78, 5) is 20.6. The minimum Gasteiger partial charge on any atom is -0.375 e. The predicted molar refractivity (Wildman–Crippen MR) is 95.4 cm³/mol. The van der Waals surface area contributed by atoms with E-state index in [1.54, 1.807) is 6.20 Å². The summed E-state index contributed by atoms with van der Waals surface area (Å²) < 4.78 is 6.01. The second kappa shape index (κ2) is 7.28. The van der Waals surface area contributed by atoms with Crippen molar-refractivity contribution in [3.63, 3.8) is 0 Å². The molecule has 0 saturated heterocycles. The molecule has 0 atom stereocenters. The quantitative estimate of drug-likeness (QED) is 0.794. The maximum absolute atomic E-state index is 11.6. The Labute approximate surface area is 148 Å². The number of rotatable bonds is 7. The van der Waals surface area contributed by atoms with Crippen molar-refractivity contribution in [1.82, 2.24) is 9.97 Å². The first-order valence-corrected chi connectivity index (χ1v) is 9.75. The smallest absolute Gasteiger partial charge is 0.252 e. The van der Waals surface area contributed by atoms with Crippen molar-refractivity contribution in [3.05, 3.63) is 17.5 Å². The second-order valence-corrected chi connectivity index (χ2v) is 7.87. The number of nitrogens with zero attached hydrogens (tertiary/aromatic N) is 2. The molecule has 3 aliphatic carbocycles. The Balaban J connectivity index is 1.36. The van der Waals surface area contributed by atoms with Crippen LogP contribution in [0.25, 0.3) is 0 Å². The minimum absolute atomic E-state index is 0.384. The Bertz CT molecular complexity index is 620. The molecule has 3 N–H and O–H groups in total. The van der Waals surface area contributed by atoms with Crippen LogP contribution < -0.4 is 11.1 Å². The van der Waals surface area contributed by atoms with Crippen LogP contribution in [0.3, 0.4) is 0 Å². The molecule has 25 heavy (non-hydrogen) atoms. The standard InChI is InChI=1S/C19H28N4O2/c20-18(24)16-11-21-19(23-17(16)10-12-2-1-3-12)22-13-4-6-14(7-5-13)25-15-8-9-15/h11-15H,1-10H2,(H2,20,24)(H,21,22,23). The maximum atomic E-state index is 11.6. The Kier molecular flexibility index (Phi) is 4.88. The van der Waals surface area contributed by atoms with E-state index < -0.39 is 5.91 Å². The fourth-order valence-corrected chi connectivity index (χ4v) is 3.82. The molecule has 0 spiro atoms. The fourth-order valence-electron chi connectivity index (χ4n) is 3.82. The number of primary amides is 1. The third-order valence-electron chi connectivity index (χ3n) is 5.76. The van der Waals surface area contributed by atoms with Gasteiger partial charge in [0, 0.05) is 12.2 Å². The average Bonchev–Trinajstić information content (AvgIpc) is 3.37. The van der Waals surface area contributed by atoms with Crippen LogP contribution in [-0.4, -0.2) is 34.1 Å². The van der Waals surface area contributed by atoms with Gasteiger partial charge < -0.3 is 15.8 Å². The van der Waals surface area contributed by atoms with Crippen molar-refractivity contribution >= 4 is 11.9 Å². The molecule has 0 bridgehead atoms. The average molecular weight is 344 g/mol. The monoisotopic (exact) mass is 344 g/mol. The molecule has 0 aromatic carbocycles. The number of nitrogens with two attached hydrogens (primary N) is 1. The minimum atomic E-state index is -0.432. The Hall–Kier alpha value is -1.69. The lowest BCUT2D eigenvalue weighted by molar-refractivity contribution is 0.0146. The van der Waals surface area contributed by atoms with Crippen molar-refractivity contribution in [3.8, 4) is 0 Å². The molecular formula is C19H28N4O2. The molecule has 0 unspecified atom stereocenters. The van der Waals surface area contributed by atoms with Gasteiger partial charge in [-0.25, -0.2) is 9.97 Å². The number of aromatic nitrogens is 2. The van der Waals surface area contributed by atoms with E-state index in [-0.39, 0.29) is 0 Å². The highest BCUT2D eigenvalue weighted by atomic mass is 16.5. The highest BCUT2D eigenvalue weighted by Crippen LogP contribution is 2.32. The van der Waals surface area contributed by atoms with Gasteiger partial charge in [0.2, 0.25) is 5.95 Å². The molecule has 0 aliphatic heterocycles. The van der Waals surface area contributed by atoms with Crippen molar-refractivity contribution in [2.75, 3.05) is 5.32 Å². The largest absolute Gasteiger partial charge is 0.375 e. The molecule has 1 heterocycles.